The molecule has 0 radical (unpaired) electrons. The second-order valence-corrected chi connectivity index (χ2v) is 6.36. The molecule has 0 bridgehead atoms. The topological polar surface area (TPSA) is 71.4 Å². The Morgan fingerprint density at radius 2 is 1.85 bits per heavy atom. The molecule has 0 aromatic rings. The van der Waals surface area contributed by atoms with Gasteiger partial charge in [0.2, 0.25) is 0 Å². The van der Waals surface area contributed by atoms with Gasteiger partial charge in [-0.2, -0.15) is 0 Å². The minimum atomic E-state index is -3.47. The first-order chi connectivity index (χ1) is 5.87. The van der Waals surface area contributed by atoms with Crippen LogP contribution in [-0.2, 0) is 14.6 Å². The minimum Gasteiger partial charge on any atom is -0.480 e. The summed E-state index contributed by atoms with van der Waals surface area (Å²) in [7, 11) is -3.47. The molecule has 1 rings (SSSR count). The van der Waals surface area contributed by atoms with E-state index in [0.29, 0.717) is 0 Å². The van der Waals surface area contributed by atoms with Crippen molar-refractivity contribution in [2.75, 3.05) is 0 Å². The molecule has 5 heteroatoms. The Kier molecular flexibility index (Phi) is 2.66. The third-order valence-electron chi connectivity index (χ3n) is 2.30. The third kappa shape index (κ3) is 2.02. The molecule has 0 spiro atoms. The van der Waals surface area contributed by atoms with Crippen LogP contribution in [0.1, 0.15) is 26.7 Å². The Morgan fingerprint density at radius 3 is 2.08 bits per heavy atom. The molecule has 1 aliphatic carbocycles. The largest absolute Gasteiger partial charge is 0.480 e. The van der Waals surface area contributed by atoms with Crippen molar-refractivity contribution in [3.05, 3.63) is 0 Å². The van der Waals surface area contributed by atoms with Crippen LogP contribution in [0, 0.1) is 5.92 Å². The summed E-state index contributed by atoms with van der Waals surface area (Å²) < 4.78 is 23.1. The van der Waals surface area contributed by atoms with Crippen molar-refractivity contribution in [2.45, 2.75) is 37.2 Å². The molecule has 0 aromatic heterocycles. The quantitative estimate of drug-likeness (QED) is 0.734. The van der Waals surface area contributed by atoms with Gasteiger partial charge < -0.3 is 5.11 Å². The van der Waals surface area contributed by atoms with E-state index in [1.54, 1.807) is 0 Å². The van der Waals surface area contributed by atoms with Gasteiger partial charge in [-0.1, -0.05) is 0 Å². The fraction of sp³-hybridized carbons (Fsp3) is 0.875. The fourth-order valence-electron chi connectivity index (χ4n) is 1.30. The number of aliphatic carboxylic acids is 1. The monoisotopic (exact) mass is 206 g/mol. The SMILES string of the molecule is CC(C)S(=O)(=O)C(C(=O)O)C1CC1. The Balaban J connectivity index is 2.93. The molecule has 1 fully saturated rings. The standard InChI is InChI=1S/C8H14O4S/c1-5(2)13(11,12)7(8(9)10)6-3-4-6/h5-7H,3-4H2,1-2H3,(H,9,10). The number of rotatable bonds is 4. The smallest absolute Gasteiger partial charge is 0.322 e. The highest BCUT2D eigenvalue weighted by molar-refractivity contribution is 7.93. The second kappa shape index (κ2) is 3.29. The van der Waals surface area contributed by atoms with Crippen LogP contribution in [0.2, 0.25) is 0 Å². The summed E-state index contributed by atoms with van der Waals surface area (Å²) in [5.74, 6) is -1.35. The second-order valence-electron chi connectivity index (χ2n) is 3.73. The van der Waals surface area contributed by atoms with Crippen LogP contribution >= 0.6 is 0 Å². The fourth-order valence-corrected chi connectivity index (χ4v) is 2.98. The summed E-state index contributed by atoms with van der Waals surface area (Å²) in [4.78, 5) is 10.8. The summed E-state index contributed by atoms with van der Waals surface area (Å²) in [5, 5.41) is 7.01. The van der Waals surface area contributed by atoms with Crippen LogP contribution in [0.5, 0.6) is 0 Å². The number of sulfone groups is 1. The van der Waals surface area contributed by atoms with Gasteiger partial charge in [0.05, 0.1) is 5.25 Å². The van der Waals surface area contributed by atoms with E-state index >= 15 is 0 Å². The van der Waals surface area contributed by atoms with Gasteiger partial charge >= 0.3 is 5.97 Å². The summed E-state index contributed by atoms with van der Waals surface area (Å²) in [5.41, 5.74) is 0. The van der Waals surface area contributed by atoms with Gasteiger partial charge in [-0.3, -0.25) is 4.79 Å². The highest BCUT2D eigenvalue weighted by Gasteiger charge is 2.46. The van der Waals surface area contributed by atoms with Crippen LogP contribution in [-0.4, -0.2) is 30.0 Å². The predicted molar refractivity (Wildman–Crippen MR) is 48.2 cm³/mol. The van der Waals surface area contributed by atoms with Gasteiger partial charge in [0.25, 0.3) is 0 Å². The van der Waals surface area contributed by atoms with Crippen molar-refractivity contribution in [2.24, 2.45) is 5.92 Å². The molecule has 76 valence electrons. The minimum absolute atomic E-state index is 0.148. The van der Waals surface area contributed by atoms with Crippen molar-refractivity contribution in [1.29, 1.82) is 0 Å². The molecule has 0 saturated heterocycles. The normalized spacial score (nSPS) is 20.2. The molecule has 0 aliphatic heterocycles. The zero-order valence-corrected chi connectivity index (χ0v) is 8.54. The van der Waals surface area contributed by atoms with Crippen molar-refractivity contribution in [3.63, 3.8) is 0 Å². The summed E-state index contributed by atoms with van der Waals surface area (Å²) in [6.45, 7) is 3.04. The third-order valence-corrected chi connectivity index (χ3v) is 4.91. The highest BCUT2D eigenvalue weighted by atomic mass is 32.2. The van der Waals surface area contributed by atoms with E-state index in [9.17, 15) is 13.2 Å². The Morgan fingerprint density at radius 1 is 1.38 bits per heavy atom. The van der Waals surface area contributed by atoms with Crippen LogP contribution in [0.4, 0.5) is 0 Å². The van der Waals surface area contributed by atoms with E-state index in [1.165, 1.54) is 13.8 Å². The molecule has 13 heavy (non-hydrogen) atoms. The maximum absolute atomic E-state index is 11.6. The molecule has 4 nitrogen and oxygen atoms in total. The number of hydrogen-bond donors (Lipinski definition) is 1. The highest BCUT2D eigenvalue weighted by Crippen LogP contribution is 2.37. The average Bonchev–Trinajstić information content (AvgIpc) is 2.69. The van der Waals surface area contributed by atoms with E-state index < -0.39 is 26.3 Å². The lowest BCUT2D eigenvalue weighted by Crippen LogP contribution is -2.36. The number of carboxylic acid groups (broad SMARTS) is 1. The predicted octanol–water partition coefficient (Wildman–Crippen LogP) is 0.673. The summed E-state index contributed by atoms with van der Waals surface area (Å²) >= 11 is 0. The molecule has 1 aliphatic rings. The maximum Gasteiger partial charge on any atom is 0.322 e. The molecule has 0 amide bonds. The molecule has 1 atom stereocenters. The zero-order chi connectivity index (χ0) is 10.2. The summed E-state index contributed by atoms with van der Waals surface area (Å²) in [6.07, 6.45) is 1.45. The van der Waals surface area contributed by atoms with Crippen molar-refractivity contribution >= 4 is 15.8 Å². The molecule has 1 unspecified atom stereocenters. The van der Waals surface area contributed by atoms with Crippen molar-refractivity contribution < 1.29 is 18.3 Å². The Bertz CT molecular complexity index is 300. The Hall–Kier alpha value is -0.580. The van der Waals surface area contributed by atoms with E-state index in [0.717, 1.165) is 12.8 Å². The van der Waals surface area contributed by atoms with Crippen LogP contribution < -0.4 is 0 Å². The van der Waals surface area contributed by atoms with Crippen molar-refractivity contribution in [1.82, 2.24) is 0 Å². The van der Waals surface area contributed by atoms with E-state index in [1.807, 2.05) is 0 Å². The van der Waals surface area contributed by atoms with Gasteiger partial charge in [-0.15, -0.1) is 0 Å². The molecular formula is C8H14O4S. The van der Waals surface area contributed by atoms with E-state index in [-0.39, 0.29) is 5.92 Å². The van der Waals surface area contributed by atoms with Crippen LogP contribution in [0.3, 0.4) is 0 Å². The molecule has 1 saturated carbocycles. The van der Waals surface area contributed by atoms with Crippen LogP contribution in [0.25, 0.3) is 0 Å². The molecular weight excluding hydrogens is 192 g/mol. The number of carboxylic acids is 1. The van der Waals surface area contributed by atoms with Gasteiger partial charge in [0, 0.05) is 0 Å². The number of carbonyl (C=O) groups is 1. The zero-order valence-electron chi connectivity index (χ0n) is 7.73. The van der Waals surface area contributed by atoms with E-state index in [2.05, 4.69) is 0 Å². The molecule has 0 heterocycles. The maximum atomic E-state index is 11.6. The summed E-state index contributed by atoms with van der Waals surface area (Å²) in [6, 6.07) is 0. The van der Waals surface area contributed by atoms with Crippen molar-refractivity contribution in [3.8, 4) is 0 Å². The molecule has 1 N–H and O–H groups in total. The lowest BCUT2D eigenvalue weighted by atomic mass is 10.3. The van der Waals surface area contributed by atoms with E-state index in [4.69, 9.17) is 5.11 Å². The molecule has 0 aromatic carbocycles. The van der Waals surface area contributed by atoms with Gasteiger partial charge in [0.1, 0.15) is 0 Å². The van der Waals surface area contributed by atoms with Gasteiger partial charge in [-0.25, -0.2) is 8.42 Å². The van der Waals surface area contributed by atoms with Gasteiger partial charge in [-0.05, 0) is 32.6 Å². The first kappa shape index (κ1) is 10.5. The lowest BCUT2D eigenvalue weighted by molar-refractivity contribution is -0.136. The van der Waals surface area contributed by atoms with Gasteiger partial charge in [0.15, 0.2) is 15.1 Å². The Labute approximate surface area is 77.9 Å². The lowest BCUT2D eigenvalue weighted by Gasteiger charge is -2.14. The first-order valence-electron chi connectivity index (χ1n) is 4.33. The average molecular weight is 206 g/mol. The first-order valence-corrected chi connectivity index (χ1v) is 5.94. The van der Waals surface area contributed by atoms with Crippen LogP contribution in [0.15, 0.2) is 0 Å². The number of hydrogen-bond acceptors (Lipinski definition) is 3.